The van der Waals surface area contributed by atoms with Gasteiger partial charge in [-0.25, -0.2) is 13.4 Å². The van der Waals surface area contributed by atoms with Gasteiger partial charge in [0.15, 0.2) is 0 Å². The number of nitrogens with two attached hydrogens (primary N) is 1. The lowest BCUT2D eigenvalue weighted by Gasteiger charge is -2.38. The van der Waals surface area contributed by atoms with E-state index < -0.39 is 10.0 Å². The Hall–Kier alpha value is -0.950. The number of benzene rings is 1. The molecule has 5 nitrogen and oxygen atoms in total. The largest absolute Gasteiger partial charge is 0.326 e. The van der Waals surface area contributed by atoms with E-state index in [1.54, 1.807) is 19.1 Å². The molecule has 0 bridgehead atoms. The van der Waals surface area contributed by atoms with Crippen molar-refractivity contribution in [2.45, 2.75) is 63.6 Å². The zero-order valence-electron chi connectivity index (χ0n) is 13.0. The zero-order chi connectivity index (χ0) is 15.6. The molecule has 6 heteroatoms. The summed E-state index contributed by atoms with van der Waals surface area (Å²) in [5.41, 5.74) is 7.25. The van der Waals surface area contributed by atoms with Gasteiger partial charge in [0.2, 0.25) is 0 Å². The smallest absolute Gasteiger partial charge is 0.253 e. The van der Waals surface area contributed by atoms with Gasteiger partial charge in [-0.2, -0.15) is 0 Å². The van der Waals surface area contributed by atoms with Crippen molar-refractivity contribution in [2.75, 3.05) is 0 Å². The minimum Gasteiger partial charge on any atom is -0.326 e. The highest BCUT2D eigenvalue weighted by Gasteiger charge is 2.29. The summed E-state index contributed by atoms with van der Waals surface area (Å²) < 4.78 is 25.4. The van der Waals surface area contributed by atoms with E-state index in [0.29, 0.717) is 11.4 Å². The standard InChI is InChI=1S/C15H25N3O2S/c1-11-6-4-7-12(2)18(11)17-21(19,20)15-9-5-8-14(10-16)13(15)3/h5,8-9,11-12,17H,4,6-7,10,16H2,1-3H3. The van der Waals surface area contributed by atoms with E-state index in [1.165, 1.54) is 0 Å². The molecule has 0 spiro atoms. The average molecular weight is 311 g/mol. The van der Waals surface area contributed by atoms with Crippen LogP contribution in [0.2, 0.25) is 0 Å². The van der Waals surface area contributed by atoms with Gasteiger partial charge >= 0.3 is 0 Å². The molecule has 1 heterocycles. The first kappa shape index (κ1) is 16.4. The molecule has 21 heavy (non-hydrogen) atoms. The van der Waals surface area contributed by atoms with Gasteiger partial charge in [0.05, 0.1) is 4.90 Å². The van der Waals surface area contributed by atoms with Gasteiger partial charge in [-0.05, 0) is 50.8 Å². The Bertz CT molecular complexity index is 591. The molecule has 2 unspecified atom stereocenters. The SMILES string of the molecule is Cc1c(CN)cccc1S(=O)(=O)NN1C(C)CCCC1C. The van der Waals surface area contributed by atoms with E-state index in [1.807, 2.05) is 11.1 Å². The third-order valence-electron chi connectivity index (χ3n) is 4.32. The molecule has 1 aliphatic heterocycles. The summed E-state index contributed by atoms with van der Waals surface area (Å²) in [4.78, 5) is 3.08. The lowest BCUT2D eigenvalue weighted by molar-refractivity contribution is 0.0790. The molecule has 0 amide bonds. The topological polar surface area (TPSA) is 75.4 Å². The second-order valence-electron chi connectivity index (χ2n) is 5.88. The lowest BCUT2D eigenvalue weighted by Crippen LogP contribution is -2.54. The highest BCUT2D eigenvalue weighted by molar-refractivity contribution is 7.89. The first-order valence-corrected chi connectivity index (χ1v) is 8.94. The highest BCUT2D eigenvalue weighted by Crippen LogP contribution is 2.24. The Labute approximate surface area is 127 Å². The Morgan fingerprint density at radius 2 is 1.90 bits per heavy atom. The molecule has 0 aromatic heterocycles. The number of nitrogens with one attached hydrogen (secondary N) is 1. The number of hydrogen-bond donors (Lipinski definition) is 2. The van der Waals surface area contributed by atoms with Crippen LogP contribution in [0.15, 0.2) is 23.1 Å². The van der Waals surface area contributed by atoms with Crippen LogP contribution in [-0.4, -0.2) is 25.5 Å². The molecule has 0 saturated carbocycles. The molecule has 2 atom stereocenters. The molecule has 0 aliphatic carbocycles. The van der Waals surface area contributed by atoms with Crippen molar-refractivity contribution in [3.63, 3.8) is 0 Å². The van der Waals surface area contributed by atoms with Crippen molar-refractivity contribution < 1.29 is 8.42 Å². The fraction of sp³-hybridized carbons (Fsp3) is 0.600. The fourth-order valence-corrected chi connectivity index (χ4v) is 4.49. The van der Waals surface area contributed by atoms with Gasteiger partial charge in [0.1, 0.15) is 0 Å². The summed E-state index contributed by atoms with van der Waals surface area (Å²) >= 11 is 0. The van der Waals surface area contributed by atoms with Crippen LogP contribution in [0.3, 0.4) is 0 Å². The van der Waals surface area contributed by atoms with E-state index in [4.69, 9.17) is 5.73 Å². The number of piperidine rings is 1. The fourth-order valence-electron chi connectivity index (χ4n) is 2.96. The van der Waals surface area contributed by atoms with Crippen LogP contribution in [0.4, 0.5) is 0 Å². The van der Waals surface area contributed by atoms with Crippen molar-refractivity contribution in [1.29, 1.82) is 0 Å². The van der Waals surface area contributed by atoms with Gasteiger partial charge in [0, 0.05) is 18.6 Å². The predicted molar refractivity (Wildman–Crippen MR) is 84.0 cm³/mol. The minimum absolute atomic E-state index is 0.210. The normalized spacial score (nSPS) is 24.2. The van der Waals surface area contributed by atoms with Crippen LogP contribution in [0.5, 0.6) is 0 Å². The van der Waals surface area contributed by atoms with E-state index in [0.717, 1.165) is 30.4 Å². The maximum Gasteiger partial charge on any atom is 0.253 e. The average Bonchev–Trinajstić information content (AvgIpc) is 2.43. The van der Waals surface area contributed by atoms with Crippen LogP contribution in [0.1, 0.15) is 44.2 Å². The summed E-state index contributed by atoms with van der Waals surface area (Å²) in [6.45, 7) is 6.26. The van der Waals surface area contributed by atoms with Crippen molar-refractivity contribution in [3.05, 3.63) is 29.3 Å². The van der Waals surface area contributed by atoms with Crippen LogP contribution < -0.4 is 10.6 Å². The molecule has 118 valence electrons. The van der Waals surface area contributed by atoms with Crippen LogP contribution in [0, 0.1) is 6.92 Å². The van der Waals surface area contributed by atoms with Crippen LogP contribution in [-0.2, 0) is 16.6 Å². The summed E-state index contributed by atoms with van der Waals surface area (Å²) in [6.07, 6.45) is 3.16. The van der Waals surface area contributed by atoms with E-state index in [-0.39, 0.29) is 12.1 Å². The summed E-state index contributed by atoms with van der Waals surface area (Å²) in [7, 11) is -3.57. The molecule has 1 aromatic rings. The molecule has 3 N–H and O–H groups in total. The Balaban J connectivity index is 2.30. The molecule has 1 fully saturated rings. The minimum atomic E-state index is -3.57. The maximum absolute atomic E-state index is 12.7. The Morgan fingerprint density at radius 3 is 2.48 bits per heavy atom. The van der Waals surface area contributed by atoms with Gasteiger partial charge in [-0.3, -0.25) is 0 Å². The van der Waals surface area contributed by atoms with E-state index >= 15 is 0 Å². The second-order valence-corrected chi connectivity index (χ2v) is 7.50. The number of nitrogens with zero attached hydrogens (tertiary/aromatic N) is 1. The Kier molecular flexibility index (Phi) is 5.03. The number of hydrazine groups is 1. The molecule has 1 aromatic carbocycles. The number of sulfonamides is 1. The van der Waals surface area contributed by atoms with Crippen molar-refractivity contribution in [2.24, 2.45) is 5.73 Å². The zero-order valence-corrected chi connectivity index (χ0v) is 13.8. The monoisotopic (exact) mass is 311 g/mol. The summed E-state index contributed by atoms with van der Waals surface area (Å²) in [6, 6.07) is 5.66. The van der Waals surface area contributed by atoms with Crippen molar-refractivity contribution in [1.82, 2.24) is 9.84 Å². The molecule has 1 aliphatic rings. The maximum atomic E-state index is 12.7. The number of rotatable bonds is 4. The number of hydrogen-bond acceptors (Lipinski definition) is 4. The molecule has 1 saturated heterocycles. The first-order chi connectivity index (χ1) is 9.86. The van der Waals surface area contributed by atoms with E-state index in [9.17, 15) is 8.42 Å². The van der Waals surface area contributed by atoms with Crippen molar-refractivity contribution in [3.8, 4) is 0 Å². The molecule has 2 rings (SSSR count). The van der Waals surface area contributed by atoms with Crippen LogP contribution >= 0.6 is 0 Å². The van der Waals surface area contributed by atoms with Gasteiger partial charge < -0.3 is 5.73 Å². The first-order valence-electron chi connectivity index (χ1n) is 7.46. The van der Waals surface area contributed by atoms with Gasteiger partial charge in [-0.1, -0.05) is 18.6 Å². The second kappa shape index (κ2) is 6.44. The molecular formula is C15H25N3O2S. The molecule has 0 radical (unpaired) electrons. The highest BCUT2D eigenvalue weighted by atomic mass is 32.2. The third kappa shape index (κ3) is 3.45. The Morgan fingerprint density at radius 1 is 1.29 bits per heavy atom. The van der Waals surface area contributed by atoms with Gasteiger partial charge in [-0.15, -0.1) is 4.83 Å². The van der Waals surface area contributed by atoms with Gasteiger partial charge in [0.25, 0.3) is 10.0 Å². The quantitative estimate of drug-likeness (QED) is 0.890. The summed E-state index contributed by atoms with van der Waals surface area (Å²) in [5, 5.41) is 1.87. The van der Waals surface area contributed by atoms with Crippen LogP contribution in [0.25, 0.3) is 0 Å². The third-order valence-corrected chi connectivity index (χ3v) is 5.80. The summed E-state index contributed by atoms with van der Waals surface area (Å²) in [5.74, 6) is 0. The molecular weight excluding hydrogens is 286 g/mol. The van der Waals surface area contributed by atoms with Crippen molar-refractivity contribution >= 4 is 10.0 Å². The predicted octanol–water partition coefficient (Wildman–Crippen LogP) is 1.91. The van der Waals surface area contributed by atoms with E-state index in [2.05, 4.69) is 18.7 Å². The lowest BCUT2D eigenvalue weighted by atomic mass is 10.0.